The van der Waals surface area contributed by atoms with Crippen molar-refractivity contribution in [2.45, 2.75) is 75.8 Å². The zero-order valence-corrected chi connectivity index (χ0v) is 13.4. The molecule has 1 heterocycles. The van der Waals surface area contributed by atoms with Gasteiger partial charge in [-0.15, -0.1) is 0 Å². The summed E-state index contributed by atoms with van der Waals surface area (Å²) in [5.41, 5.74) is 0. The van der Waals surface area contributed by atoms with Gasteiger partial charge in [0.1, 0.15) is 14.0 Å². The van der Waals surface area contributed by atoms with Gasteiger partial charge in [0.05, 0.1) is 18.3 Å². The minimum atomic E-state index is -4.25. The predicted molar refractivity (Wildman–Crippen MR) is 76.9 cm³/mol. The van der Waals surface area contributed by atoms with Gasteiger partial charge in [0.15, 0.2) is 5.34 Å². The number of aliphatic hydroxyl groups excluding tert-OH is 2. The van der Waals surface area contributed by atoms with Crippen molar-refractivity contribution in [2.75, 3.05) is 0 Å². The van der Waals surface area contributed by atoms with E-state index in [0.29, 0.717) is 6.42 Å². The molecule has 0 aromatic carbocycles. The van der Waals surface area contributed by atoms with E-state index < -0.39 is 43.4 Å². The quantitative estimate of drug-likeness (QED) is 0.388. The highest BCUT2D eigenvalue weighted by molar-refractivity contribution is 7.54. The molecule has 0 spiro atoms. The Labute approximate surface area is 126 Å². The van der Waals surface area contributed by atoms with Crippen molar-refractivity contribution in [2.24, 2.45) is 0 Å². The Hall–Kier alpha value is 0.0549. The standard InChI is InChI=1S/C12H24BO7P/c1-4-7(20-21(17,18)12(3,16)5-2)6-8-9(14)10(15)11(13)19-8/h7-11,14-16H,4-6H2,1-3H3,(H,17,18)/t7?,8-,9?,10+,11-,12?/m1/s1. The van der Waals surface area contributed by atoms with Gasteiger partial charge in [-0.1, -0.05) is 13.8 Å². The van der Waals surface area contributed by atoms with Crippen molar-refractivity contribution in [1.29, 1.82) is 0 Å². The number of aliphatic hydroxyl groups is 3. The summed E-state index contributed by atoms with van der Waals surface area (Å²) in [4.78, 5) is 9.89. The molecule has 122 valence electrons. The fourth-order valence-electron chi connectivity index (χ4n) is 2.03. The highest BCUT2D eigenvalue weighted by atomic mass is 31.2. The highest BCUT2D eigenvalue weighted by Crippen LogP contribution is 2.56. The van der Waals surface area contributed by atoms with Crippen molar-refractivity contribution in [1.82, 2.24) is 0 Å². The molecule has 21 heavy (non-hydrogen) atoms. The van der Waals surface area contributed by atoms with Crippen LogP contribution in [0.25, 0.3) is 0 Å². The van der Waals surface area contributed by atoms with Gasteiger partial charge < -0.3 is 29.5 Å². The normalized spacial score (nSPS) is 36.9. The van der Waals surface area contributed by atoms with Gasteiger partial charge in [0.25, 0.3) is 0 Å². The second-order valence-electron chi connectivity index (χ2n) is 5.58. The first-order chi connectivity index (χ1) is 9.55. The minimum Gasteiger partial charge on any atom is -0.388 e. The molecule has 1 aliphatic heterocycles. The van der Waals surface area contributed by atoms with Gasteiger partial charge in [-0.3, -0.25) is 4.57 Å². The Morgan fingerprint density at radius 2 is 1.95 bits per heavy atom. The average Bonchev–Trinajstić information content (AvgIpc) is 2.65. The average molecular weight is 322 g/mol. The largest absolute Gasteiger partial charge is 0.388 e. The van der Waals surface area contributed by atoms with E-state index in [2.05, 4.69) is 0 Å². The third-order valence-electron chi connectivity index (χ3n) is 3.92. The first-order valence-corrected chi connectivity index (χ1v) is 8.64. The van der Waals surface area contributed by atoms with Gasteiger partial charge in [-0.25, -0.2) is 0 Å². The van der Waals surface area contributed by atoms with Crippen LogP contribution < -0.4 is 0 Å². The van der Waals surface area contributed by atoms with E-state index in [-0.39, 0.29) is 12.8 Å². The number of ether oxygens (including phenoxy) is 1. The molecule has 4 N–H and O–H groups in total. The second-order valence-corrected chi connectivity index (χ2v) is 7.80. The number of hydrogen-bond donors (Lipinski definition) is 4. The van der Waals surface area contributed by atoms with E-state index >= 15 is 0 Å². The topological polar surface area (TPSA) is 116 Å². The molecule has 0 bridgehead atoms. The summed E-state index contributed by atoms with van der Waals surface area (Å²) in [5, 5.41) is 27.4. The highest BCUT2D eigenvalue weighted by Gasteiger charge is 2.45. The lowest BCUT2D eigenvalue weighted by molar-refractivity contribution is -0.00966. The van der Waals surface area contributed by atoms with Crippen molar-refractivity contribution < 1.29 is 34.0 Å². The fraction of sp³-hybridized carbons (Fsp3) is 1.00. The van der Waals surface area contributed by atoms with Crippen LogP contribution in [0.1, 0.15) is 40.0 Å². The molecule has 1 rings (SSSR count). The first-order valence-electron chi connectivity index (χ1n) is 7.06. The molecule has 7 nitrogen and oxygen atoms in total. The van der Waals surface area contributed by atoms with Crippen molar-refractivity contribution in [3.05, 3.63) is 0 Å². The smallest absolute Gasteiger partial charge is 0.359 e. The van der Waals surface area contributed by atoms with E-state index in [9.17, 15) is 24.8 Å². The van der Waals surface area contributed by atoms with Crippen molar-refractivity contribution in [3.63, 3.8) is 0 Å². The zero-order chi connectivity index (χ0) is 16.4. The molecule has 1 fully saturated rings. The van der Waals surface area contributed by atoms with Gasteiger partial charge in [0, 0.05) is 12.4 Å². The Balaban J connectivity index is 2.71. The summed E-state index contributed by atoms with van der Waals surface area (Å²) >= 11 is 0. The van der Waals surface area contributed by atoms with Crippen LogP contribution in [0, 0.1) is 0 Å². The predicted octanol–water partition coefficient (Wildman–Crippen LogP) is 0.0908. The van der Waals surface area contributed by atoms with E-state index in [1.807, 2.05) is 0 Å². The summed E-state index contributed by atoms with van der Waals surface area (Å²) in [6.07, 6.45) is -3.35. The molecule has 0 saturated carbocycles. The first kappa shape index (κ1) is 19.1. The molecule has 9 heteroatoms. The number of rotatable bonds is 7. The molecule has 7 atom stereocenters. The molecule has 2 radical (unpaired) electrons. The van der Waals surface area contributed by atoms with Gasteiger partial charge in [0.2, 0.25) is 0 Å². The lowest BCUT2D eigenvalue weighted by Crippen LogP contribution is -2.35. The summed E-state index contributed by atoms with van der Waals surface area (Å²) in [5.74, 6) is 0. The molecule has 4 unspecified atom stereocenters. The third-order valence-corrected chi connectivity index (χ3v) is 6.04. The van der Waals surface area contributed by atoms with Crippen LogP contribution in [0.4, 0.5) is 0 Å². The lowest BCUT2D eigenvalue weighted by atomic mass is 9.92. The maximum absolute atomic E-state index is 12.1. The van der Waals surface area contributed by atoms with Crippen LogP contribution in [-0.2, 0) is 13.8 Å². The van der Waals surface area contributed by atoms with E-state index in [1.165, 1.54) is 6.92 Å². The molecule has 0 amide bonds. The maximum Gasteiger partial charge on any atom is 0.359 e. The van der Waals surface area contributed by atoms with Gasteiger partial charge in [-0.05, 0) is 19.8 Å². The molecular weight excluding hydrogens is 298 g/mol. The van der Waals surface area contributed by atoms with E-state index in [4.69, 9.17) is 17.1 Å². The SMILES string of the molecule is [B][C@@H]1O[C@H](CC(CC)OP(=O)(O)C(C)(O)CC)C(O)[C@@H]1O. The molecule has 1 aliphatic rings. The van der Waals surface area contributed by atoms with Crippen LogP contribution in [0.2, 0.25) is 0 Å². The molecule has 0 aromatic heterocycles. The summed E-state index contributed by atoms with van der Waals surface area (Å²) < 4.78 is 22.5. The van der Waals surface area contributed by atoms with Gasteiger partial charge in [-0.2, -0.15) is 0 Å². The third kappa shape index (κ3) is 4.29. The molecule has 0 aliphatic carbocycles. The lowest BCUT2D eigenvalue weighted by Gasteiger charge is -2.31. The summed E-state index contributed by atoms with van der Waals surface area (Å²) in [7, 11) is 1.23. The minimum absolute atomic E-state index is 0.0589. The van der Waals surface area contributed by atoms with Gasteiger partial charge >= 0.3 is 7.60 Å². The molecule has 1 saturated heterocycles. The number of hydrogen-bond acceptors (Lipinski definition) is 6. The Kier molecular flexibility index (Phi) is 6.45. The Morgan fingerprint density at radius 3 is 2.33 bits per heavy atom. The maximum atomic E-state index is 12.1. The Morgan fingerprint density at radius 1 is 1.38 bits per heavy atom. The molecular formula is C12H24BO7P. The van der Waals surface area contributed by atoms with Crippen LogP contribution in [0.5, 0.6) is 0 Å². The van der Waals surface area contributed by atoms with Crippen molar-refractivity contribution in [3.8, 4) is 0 Å². The zero-order valence-electron chi connectivity index (χ0n) is 12.5. The summed E-state index contributed by atoms with van der Waals surface area (Å²) in [6, 6.07) is -0.998. The van der Waals surface area contributed by atoms with Crippen molar-refractivity contribution >= 4 is 15.4 Å². The fourth-order valence-corrected chi connectivity index (χ4v) is 3.30. The van der Waals surface area contributed by atoms with Crippen LogP contribution in [-0.4, -0.2) is 63.8 Å². The van der Waals surface area contributed by atoms with Crippen LogP contribution in [0.15, 0.2) is 0 Å². The second kappa shape index (κ2) is 7.09. The summed E-state index contributed by atoms with van der Waals surface area (Å²) in [6.45, 7) is 4.55. The molecule has 0 aromatic rings. The monoisotopic (exact) mass is 322 g/mol. The Bertz CT molecular complexity index is 392. The van der Waals surface area contributed by atoms with E-state index in [0.717, 1.165) is 0 Å². The van der Waals surface area contributed by atoms with E-state index in [1.54, 1.807) is 13.8 Å². The van der Waals surface area contributed by atoms with Crippen LogP contribution >= 0.6 is 7.60 Å². The van der Waals surface area contributed by atoms with Crippen LogP contribution in [0.3, 0.4) is 0 Å².